The predicted molar refractivity (Wildman–Crippen MR) is 263 cm³/mol. The van der Waals surface area contributed by atoms with Gasteiger partial charge in [-0.2, -0.15) is 0 Å². The maximum Gasteiger partial charge on any atom is 0.472 e. The third kappa shape index (κ3) is 46.2. The highest BCUT2D eigenvalue weighted by molar-refractivity contribution is 7.47. The molecule has 0 bridgehead atoms. The van der Waals surface area contributed by atoms with Gasteiger partial charge in [0.05, 0.1) is 13.2 Å². The number of phosphoric ester groups is 1. The molecule has 0 radical (unpaired) electrons. The summed E-state index contributed by atoms with van der Waals surface area (Å²) in [5, 5.41) is 8.92. The van der Waals surface area contributed by atoms with E-state index in [1.807, 2.05) is 0 Å². The van der Waals surface area contributed by atoms with Crippen LogP contribution in [0.25, 0.3) is 0 Å². The zero-order valence-corrected chi connectivity index (χ0v) is 41.8. The second-order valence-corrected chi connectivity index (χ2v) is 19.1. The molecule has 0 saturated carbocycles. The lowest BCUT2D eigenvalue weighted by Crippen LogP contribution is -2.34. The number of hydrogen-bond acceptors (Lipinski definition) is 9. The molecule has 0 amide bonds. The van der Waals surface area contributed by atoms with Gasteiger partial charge in [0, 0.05) is 12.8 Å². The number of ether oxygens (including phenoxy) is 2. The quantitative estimate of drug-likeness (QED) is 0.0229. The minimum absolute atomic E-state index is 0.161. The largest absolute Gasteiger partial charge is 0.480 e. The van der Waals surface area contributed by atoms with Crippen LogP contribution in [0.4, 0.5) is 0 Å². The van der Waals surface area contributed by atoms with Gasteiger partial charge >= 0.3 is 25.7 Å². The lowest BCUT2D eigenvalue weighted by atomic mass is 10.0. The summed E-state index contributed by atoms with van der Waals surface area (Å²) >= 11 is 0. The molecule has 12 heteroatoms. The summed E-state index contributed by atoms with van der Waals surface area (Å²) in [5.41, 5.74) is 5.35. The normalized spacial score (nSPS) is 13.8. The van der Waals surface area contributed by atoms with Crippen LogP contribution in [0.1, 0.15) is 245 Å². The summed E-state index contributed by atoms with van der Waals surface area (Å²) in [5.74, 6) is -2.37. The first-order chi connectivity index (χ1) is 31.1. The molecule has 11 nitrogen and oxygen atoms in total. The fraction of sp³-hybridized carbons (Fsp3) is 0.827. The molecular formula is C52H96NO10P. The maximum atomic E-state index is 12.7. The SMILES string of the molecule is CCCCC/C=C/C/C=C/CCCCCCCCCCCC(=O)OC[C@H](COP(=O)(O)OC[C@H](N)C(=O)O)OC(=O)CCCCCCCCCCCCC/C=C/CCCCCCCC. The van der Waals surface area contributed by atoms with Crippen LogP contribution in [0.5, 0.6) is 0 Å². The number of phosphoric acid groups is 1. The number of carbonyl (C=O) groups is 3. The Hall–Kier alpha value is -2.30. The molecule has 3 atom stereocenters. The second-order valence-electron chi connectivity index (χ2n) is 17.7. The van der Waals surface area contributed by atoms with Crippen molar-refractivity contribution < 1.29 is 47.5 Å². The summed E-state index contributed by atoms with van der Waals surface area (Å²) < 4.78 is 32.9. The van der Waals surface area contributed by atoms with E-state index in [1.54, 1.807) is 0 Å². The topological polar surface area (TPSA) is 172 Å². The standard InChI is InChI=1S/C52H96NO10P/c1-3-5-7-9-11-13-15-17-19-21-23-24-26-28-30-32-34-36-38-40-42-44-51(55)63-48(46-61-64(58,59)62-47-49(53)52(56)57)45-60-50(54)43-41-39-37-35-33-31-29-27-25-22-20-18-16-14-12-10-8-6-4-2/h12,14,17-20,48-49H,3-11,13,15-16,21-47,53H2,1-2H3,(H,56,57)(H,58,59)/b14-12+,19-17+,20-18+/t48-,49+/m1/s1. The Labute approximate surface area is 391 Å². The van der Waals surface area contributed by atoms with Crippen molar-refractivity contribution in [3.8, 4) is 0 Å². The summed E-state index contributed by atoms with van der Waals surface area (Å²) in [4.78, 5) is 46.2. The lowest BCUT2D eigenvalue weighted by molar-refractivity contribution is -0.161. The van der Waals surface area contributed by atoms with Crippen LogP contribution in [0, 0.1) is 0 Å². The van der Waals surface area contributed by atoms with Gasteiger partial charge in [-0.15, -0.1) is 0 Å². The number of allylic oxidation sites excluding steroid dienone is 6. The Morgan fingerprint density at radius 3 is 1.27 bits per heavy atom. The first kappa shape index (κ1) is 61.7. The molecule has 0 fully saturated rings. The van der Waals surface area contributed by atoms with Crippen molar-refractivity contribution in [2.75, 3.05) is 19.8 Å². The van der Waals surface area contributed by atoms with Crippen LogP contribution in [0.3, 0.4) is 0 Å². The summed E-state index contributed by atoms with van der Waals surface area (Å²) in [6.07, 6.45) is 53.4. The zero-order chi connectivity index (χ0) is 47.0. The van der Waals surface area contributed by atoms with E-state index < -0.39 is 51.1 Å². The number of carboxylic acid groups (broad SMARTS) is 1. The molecule has 0 aliphatic rings. The summed E-state index contributed by atoms with van der Waals surface area (Å²) in [6, 6.07) is -1.52. The van der Waals surface area contributed by atoms with E-state index in [1.165, 1.54) is 154 Å². The van der Waals surface area contributed by atoms with Gasteiger partial charge in [0.2, 0.25) is 0 Å². The molecule has 0 aromatic carbocycles. The summed E-state index contributed by atoms with van der Waals surface area (Å²) in [7, 11) is -4.72. The molecule has 0 spiro atoms. The molecule has 0 saturated heterocycles. The Bertz CT molecular complexity index is 1220. The number of hydrogen-bond donors (Lipinski definition) is 3. The average Bonchev–Trinajstić information content (AvgIpc) is 3.27. The van der Waals surface area contributed by atoms with Crippen LogP contribution < -0.4 is 5.73 Å². The van der Waals surface area contributed by atoms with Gasteiger partial charge in [-0.25, -0.2) is 4.57 Å². The molecule has 0 aromatic heterocycles. The van der Waals surface area contributed by atoms with Crippen molar-refractivity contribution in [2.24, 2.45) is 5.73 Å². The highest BCUT2D eigenvalue weighted by Gasteiger charge is 2.28. The molecular weight excluding hydrogens is 830 g/mol. The number of esters is 2. The molecule has 374 valence electrons. The van der Waals surface area contributed by atoms with Gasteiger partial charge in [0.15, 0.2) is 6.10 Å². The Morgan fingerprint density at radius 2 is 0.828 bits per heavy atom. The average molecular weight is 926 g/mol. The maximum absolute atomic E-state index is 12.7. The van der Waals surface area contributed by atoms with Crippen molar-refractivity contribution in [1.29, 1.82) is 0 Å². The third-order valence-electron chi connectivity index (χ3n) is 11.4. The molecule has 0 aromatic rings. The van der Waals surface area contributed by atoms with Crippen LogP contribution >= 0.6 is 7.82 Å². The molecule has 0 aliphatic carbocycles. The zero-order valence-electron chi connectivity index (χ0n) is 40.9. The fourth-order valence-corrected chi connectivity index (χ4v) is 8.05. The number of carboxylic acids is 1. The van der Waals surface area contributed by atoms with E-state index in [2.05, 4.69) is 54.8 Å². The molecule has 1 unspecified atom stereocenters. The number of nitrogens with two attached hydrogens (primary N) is 1. The van der Waals surface area contributed by atoms with Gasteiger partial charge in [0.1, 0.15) is 12.6 Å². The van der Waals surface area contributed by atoms with Crippen molar-refractivity contribution in [3.63, 3.8) is 0 Å². The van der Waals surface area contributed by atoms with Crippen LogP contribution in [0.15, 0.2) is 36.5 Å². The highest BCUT2D eigenvalue weighted by atomic mass is 31.2. The molecule has 0 rings (SSSR count). The smallest absolute Gasteiger partial charge is 0.472 e. The van der Waals surface area contributed by atoms with Crippen molar-refractivity contribution >= 4 is 25.7 Å². The van der Waals surface area contributed by atoms with Crippen LogP contribution in [0.2, 0.25) is 0 Å². The van der Waals surface area contributed by atoms with E-state index in [0.717, 1.165) is 51.4 Å². The predicted octanol–water partition coefficient (Wildman–Crippen LogP) is 14.7. The number of rotatable bonds is 49. The van der Waals surface area contributed by atoms with Crippen molar-refractivity contribution in [3.05, 3.63) is 36.5 Å². The first-order valence-corrected chi connectivity index (χ1v) is 27.5. The van der Waals surface area contributed by atoms with Crippen molar-refractivity contribution in [1.82, 2.24) is 0 Å². The Kier molecular flexibility index (Phi) is 45.5. The van der Waals surface area contributed by atoms with E-state index in [4.69, 9.17) is 24.8 Å². The van der Waals surface area contributed by atoms with Crippen molar-refractivity contribution in [2.45, 2.75) is 257 Å². The van der Waals surface area contributed by atoms with E-state index in [9.17, 15) is 23.8 Å². The minimum Gasteiger partial charge on any atom is -0.480 e. The Balaban J connectivity index is 4.23. The molecule has 4 N–H and O–H groups in total. The van der Waals surface area contributed by atoms with E-state index in [-0.39, 0.29) is 19.4 Å². The number of unbranched alkanes of at least 4 members (excludes halogenated alkanes) is 29. The monoisotopic (exact) mass is 926 g/mol. The molecule has 0 heterocycles. The lowest BCUT2D eigenvalue weighted by Gasteiger charge is -2.20. The van der Waals surface area contributed by atoms with E-state index in [0.29, 0.717) is 12.8 Å². The van der Waals surface area contributed by atoms with Gasteiger partial charge in [-0.3, -0.25) is 23.4 Å². The number of carbonyl (C=O) groups excluding carboxylic acids is 2. The second kappa shape index (κ2) is 47.2. The van der Waals surface area contributed by atoms with E-state index >= 15 is 0 Å². The van der Waals surface area contributed by atoms with Gasteiger partial charge in [-0.1, -0.05) is 198 Å². The van der Waals surface area contributed by atoms with Gasteiger partial charge in [-0.05, 0) is 70.6 Å². The number of aliphatic carboxylic acids is 1. The molecule has 64 heavy (non-hydrogen) atoms. The van der Waals surface area contributed by atoms with Crippen LogP contribution in [-0.2, 0) is 37.5 Å². The van der Waals surface area contributed by atoms with Crippen LogP contribution in [-0.4, -0.2) is 59.9 Å². The summed E-state index contributed by atoms with van der Waals surface area (Å²) in [6.45, 7) is 2.81. The third-order valence-corrected chi connectivity index (χ3v) is 12.3. The molecule has 0 aliphatic heterocycles. The fourth-order valence-electron chi connectivity index (χ4n) is 7.27. The van der Waals surface area contributed by atoms with Gasteiger partial charge < -0.3 is 25.2 Å². The Morgan fingerprint density at radius 1 is 0.484 bits per heavy atom. The minimum atomic E-state index is -4.72. The van der Waals surface area contributed by atoms with Gasteiger partial charge in [0.25, 0.3) is 0 Å². The highest BCUT2D eigenvalue weighted by Crippen LogP contribution is 2.43. The first-order valence-electron chi connectivity index (χ1n) is 26.0.